The summed E-state index contributed by atoms with van der Waals surface area (Å²) in [7, 11) is 0. The van der Waals surface area contributed by atoms with Gasteiger partial charge in [-0.05, 0) is 17.7 Å². The standard InChI is InChI=1S/C17H16FN3O2/c18-14-8-4-5-9-15(14)21-16(10-22)19-20-17(21)12-23-11-13-6-2-1-3-7-13/h1-10,16,19H,11-12H2. The summed E-state index contributed by atoms with van der Waals surface area (Å²) in [6.45, 7) is 0.581. The maximum Gasteiger partial charge on any atom is 0.177 e. The van der Waals surface area contributed by atoms with Crippen LogP contribution in [0.1, 0.15) is 5.56 Å². The van der Waals surface area contributed by atoms with E-state index in [0.717, 1.165) is 5.56 Å². The number of para-hydroxylation sites is 1. The van der Waals surface area contributed by atoms with E-state index in [1.54, 1.807) is 18.2 Å². The van der Waals surface area contributed by atoms with Crippen LogP contribution in [0, 0.1) is 5.82 Å². The van der Waals surface area contributed by atoms with Gasteiger partial charge in [-0.25, -0.2) is 4.39 Å². The van der Waals surface area contributed by atoms with Crippen LogP contribution >= 0.6 is 0 Å². The van der Waals surface area contributed by atoms with Gasteiger partial charge in [0.25, 0.3) is 0 Å². The van der Waals surface area contributed by atoms with Gasteiger partial charge in [-0.2, -0.15) is 5.10 Å². The molecule has 0 radical (unpaired) electrons. The van der Waals surface area contributed by atoms with Gasteiger partial charge in [0.2, 0.25) is 0 Å². The molecule has 1 heterocycles. The molecule has 118 valence electrons. The van der Waals surface area contributed by atoms with Crippen LogP contribution in [-0.4, -0.2) is 24.9 Å². The minimum Gasteiger partial charge on any atom is -0.369 e. The maximum absolute atomic E-state index is 14.0. The molecule has 6 heteroatoms. The average Bonchev–Trinajstić information content (AvgIpc) is 2.99. The Balaban J connectivity index is 1.70. The quantitative estimate of drug-likeness (QED) is 0.832. The van der Waals surface area contributed by atoms with Crippen molar-refractivity contribution in [3.8, 4) is 0 Å². The Morgan fingerprint density at radius 3 is 2.61 bits per heavy atom. The van der Waals surface area contributed by atoms with Crippen LogP contribution in [0.2, 0.25) is 0 Å². The number of nitrogens with one attached hydrogen (secondary N) is 1. The summed E-state index contributed by atoms with van der Waals surface area (Å²) >= 11 is 0. The van der Waals surface area contributed by atoms with E-state index in [0.29, 0.717) is 18.7 Å². The summed E-state index contributed by atoms with van der Waals surface area (Å²) in [5.74, 6) is 0.0435. The molecule has 0 amide bonds. The number of carbonyl (C=O) groups is 1. The number of rotatable bonds is 6. The molecule has 1 atom stereocenters. The Morgan fingerprint density at radius 1 is 1.13 bits per heavy atom. The number of benzene rings is 2. The molecule has 1 N–H and O–H groups in total. The molecule has 0 fully saturated rings. The van der Waals surface area contributed by atoms with E-state index in [-0.39, 0.29) is 12.3 Å². The predicted molar refractivity (Wildman–Crippen MR) is 85.4 cm³/mol. The summed E-state index contributed by atoms with van der Waals surface area (Å²) in [6.07, 6.45) is -0.0534. The third-order valence-corrected chi connectivity index (χ3v) is 3.47. The Morgan fingerprint density at radius 2 is 1.87 bits per heavy atom. The normalized spacial score (nSPS) is 16.8. The highest BCUT2D eigenvalue weighted by molar-refractivity contribution is 6.03. The van der Waals surface area contributed by atoms with E-state index in [4.69, 9.17) is 4.74 Å². The lowest BCUT2D eigenvalue weighted by Gasteiger charge is -2.24. The molecular weight excluding hydrogens is 297 g/mol. The number of halogens is 1. The maximum atomic E-state index is 14.0. The van der Waals surface area contributed by atoms with Crippen LogP contribution in [0.25, 0.3) is 0 Å². The SMILES string of the molecule is O=CC1NN=C(COCc2ccccc2)N1c1ccccc1F. The van der Waals surface area contributed by atoms with Crippen LogP contribution in [0.3, 0.4) is 0 Å². The second kappa shape index (κ2) is 7.02. The van der Waals surface area contributed by atoms with Crippen LogP contribution in [0.15, 0.2) is 59.7 Å². The number of amidine groups is 1. The van der Waals surface area contributed by atoms with E-state index in [9.17, 15) is 9.18 Å². The summed E-state index contributed by atoms with van der Waals surface area (Å²) in [5, 5.41) is 4.09. The molecule has 0 spiro atoms. The number of hydrazone groups is 1. The molecule has 5 nitrogen and oxygen atoms in total. The number of nitrogens with zero attached hydrogens (tertiary/aromatic N) is 2. The second-order valence-corrected chi connectivity index (χ2v) is 5.04. The average molecular weight is 313 g/mol. The number of anilines is 1. The molecule has 0 aliphatic carbocycles. The smallest absolute Gasteiger partial charge is 0.177 e. The number of hydrogen-bond acceptors (Lipinski definition) is 5. The van der Waals surface area contributed by atoms with Crippen molar-refractivity contribution in [1.82, 2.24) is 5.43 Å². The summed E-state index contributed by atoms with van der Waals surface area (Å²) in [5.41, 5.74) is 4.00. The van der Waals surface area contributed by atoms with Crippen molar-refractivity contribution in [1.29, 1.82) is 0 Å². The molecule has 2 aromatic carbocycles. The van der Waals surface area contributed by atoms with E-state index < -0.39 is 12.0 Å². The Kier molecular flexibility index (Phi) is 4.63. The zero-order chi connectivity index (χ0) is 16.1. The molecule has 23 heavy (non-hydrogen) atoms. The van der Waals surface area contributed by atoms with Gasteiger partial charge in [0, 0.05) is 0 Å². The largest absolute Gasteiger partial charge is 0.369 e. The zero-order valence-electron chi connectivity index (χ0n) is 12.4. The van der Waals surface area contributed by atoms with Gasteiger partial charge >= 0.3 is 0 Å². The zero-order valence-corrected chi connectivity index (χ0v) is 12.4. The lowest BCUT2D eigenvalue weighted by molar-refractivity contribution is -0.109. The molecular formula is C17H16FN3O2. The first kappa shape index (κ1) is 15.2. The summed E-state index contributed by atoms with van der Waals surface area (Å²) in [6, 6.07) is 16.0. The van der Waals surface area contributed by atoms with Crippen molar-refractivity contribution in [3.05, 3.63) is 66.0 Å². The number of hydrogen-bond donors (Lipinski definition) is 1. The first-order valence-electron chi connectivity index (χ1n) is 7.22. The lowest BCUT2D eigenvalue weighted by atomic mass is 10.2. The van der Waals surface area contributed by atoms with E-state index >= 15 is 0 Å². The van der Waals surface area contributed by atoms with Gasteiger partial charge in [0.05, 0.1) is 12.3 Å². The molecule has 3 rings (SSSR count). The first-order chi connectivity index (χ1) is 11.3. The fourth-order valence-electron chi connectivity index (χ4n) is 2.38. The van der Waals surface area contributed by atoms with E-state index in [1.165, 1.54) is 11.0 Å². The van der Waals surface area contributed by atoms with Crippen LogP contribution in [0.5, 0.6) is 0 Å². The summed E-state index contributed by atoms with van der Waals surface area (Å²) < 4.78 is 19.7. The van der Waals surface area contributed by atoms with Crippen molar-refractivity contribution < 1.29 is 13.9 Å². The van der Waals surface area contributed by atoms with Crippen molar-refractivity contribution in [2.24, 2.45) is 5.10 Å². The Hall–Kier alpha value is -2.73. The Bertz CT molecular complexity index is 706. The van der Waals surface area contributed by atoms with Gasteiger partial charge in [-0.3, -0.25) is 15.1 Å². The van der Waals surface area contributed by atoms with Crippen molar-refractivity contribution >= 4 is 17.8 Å². The molecule has 2 aromatic rings. The molecule has 1 unspecified atom stereocenters. The van der Waals surface area contributed by atoms with Crippen molar-refractivity contribution in [3.63, 3.8) is 0 Å². The molecule has 0 aromatic heterocycles. The number of carbonyl (C=O) groups excluding carboxylic acids is 1. The van der Waals surface area contributed by atoms with Crippen molar-refractivity contribution in [2.45, 2.75) is 12.8 Å². The molecule has 0 saturated carbocycles. The lowest BCUT2D eigenvalue weighted by Crippen LogP contribution is -2.43. The first-order valence-corrected chi connectivity index (χ1v) is 7.22. The Labute approximate surface area is 133 Å². The number of aldehydes is 1. The molecule has 1 aliphatic rings. The van der Waals surface area contributed by atoms with Crippen LogP contribution in [0.4, 0.5) is 10.1 Å². The van der Waals surface area contributed by atoms with Crippen LogP contribution < -0.4 is 10.3 Å². The monoisotopic (exact) mass is 313 g/mol. The van der Waals surface area contributed by atoms with E-state index in [2.05, 4.69) is 10.5 Å². The van der Waals surface area contributed by atoms with Gasteiger partial charge in [-0.15, -0.1) is 0 Å². The van der Waals surface area contributed by atoms with Gasteiger partial charge in [0.15, 0.2) is 18.3 Å². The minimum atomic E-state index is -0.734. The minimum absolute atomic E-state index is 0.167. The van der Waals surface area contributed by atoms with E-state index in [1.807, 2.05) is 30.3 Å². The molecule has 0 bridgehead atoms. The van der Waals surface area contributed by atoms with Gasteiger partial charge in [0.1, 0.15) is 12.4 Å². The van der Waals surface area contributed by atoms with Gasteiger partial charge < -0.3 is 4.74 Å². The molecule has 0 saturated heterocycles. The highest BCUT2D eigenvalue weighted by atomic mass is 19.1. The second-order valence-electron chi connectivity index (χ2n) is 5.04. The highest BCUT2D eigenvalue weighted by Crippen LogP contribution is 2.23. The van der Waals surface area contributed by atoms with Gasteiger partial charge in [-0.1, -0.05) is 42.5 Å². The topological polar surface area (TPSA) is 53.9 Å². The predicted octanol–water partition coefficient (Wildman–Crippen LogP) is 2.29. The third kappa shape index (κ3) is 3.37. The van der Waals surface area contributed by atoms with Crippen molar-refractivity contribution in [2.75, 3.05) is 11.5 Å². The number of ether oxygens (including phenoxy) is 1. The highest BCUT2D eigenvalue weighted by Gasteiger charge is 2.30. The summed E-state index contributed by atoms with van der Waals surface area (Å²) in [4.78, 5) is 12.7. The molecule has 1 aliphatic heterocycles. The van der Waals surface area contributed by atoms with Crippen LogP contribution in [-0.2, 0) is 16.1 Å². The third-order valence-electron chi connectivity index (χ3n) is 3.47. The fraction of sp³-hybridized carbons (Fsp3) is 0.176. The fourth-order valence-corrected chi connectivity index (χ4v) is 2.38.